The largest absolute Gasteiger partial charge is 0.398 e. The minimum Gasteiger partial charge on any atom is -0.398 e. The first kappa shape index (κ1) is 17.7. The highest BCUT2D eigenvalue weighted by Gasteiger charge is 2.25. The second-order valence-electron chi connectivity index (χ2n) is 5.39. The summed E-state index contributed by atoms with van der Waals surface area (Å²) in [4.78, 5) is 12.0. The van der Waals surface area contributed by atoms with E-state index in [9.17, 15) is 4.79 Å². The number of methoxy groups -OCH3 is 1. The molecule has 1 rings (SSSR count). The van der Waals surface area contributed by atoms with Crippen molar-refractivity contribution in [3.05, 3.63) is 29.8 Å². The van der Waals surface area contributed by atoms with Crippen molar-refractivity contribution in [3.8, 4) is 0 Å². The Labute approximate surface area is 121 Å². The Kier molecular flexibility index (Phi) is 6.87. The SMILES string of the molecule is COC(CNC(=O)c1ccccc1N)C(C)(C)C.Cl. The van der Waals surface area contributed by atoms with Crippen molar-refractivity contribution in [2.45, 2.75) is 26.9 Å². The molecule has 4 nitrogen and oxygen atoms in total. The first-order chi connectivity index (χ1) is 8.36. The topological polar surface area (TPSA) is 64.3 Å². The monoisotopic (exact) mass is 286 g/mol. The molecule has 0 heterocycles. The number of nitrogens with two attached hydrogens (primary N) is 1. The number of nitrogen functional groups attached to an aromatic ring is 1. The van der Waals surface area contributed by atoms with Crippen LogP contribution in [0.5, 0.6) is 0 Å². The van der Waals surface area contributed by atoms with Crippen molar-refractivity contribution >= 4 is 24.0 Å². The number of halogens is 1. The zero-order valence-corrected chi connectivity index (χ0v) is 12.7. The number of amides is 1. The molecule has 1 aromatic carbocycles. The number of rotatable bonds is 4. The Hall–Kier alpha value is -1.26. The van der Waals surface area contributed by atoms with Gasteiger partial charge in [0.1, 0.15) is 0 Å². The number of benzene rings is 1. The maximum atomic E-state index is 12.0. The lowest BCUT2D eigenvalue weighted by Crippen LogP contribution is -2.40. The van der Waals surface area contributed by atoms with Gasteiger partial charge in [0.25, 0.3) is 5.91 Å². The van der Waals surface area contributed by atoms with Gasteiger partial charge < -0.3 is 15.8 Å². The van der Waals surface area contributed by atoms with E-state index in [1.165, 1.54) is 0 Å². The predicted molar refractivity (Wildman–Crippen MR) is 80.7 cm³/mol. The zero-order valence-electron chi connectivity index (χ0n) is 11.9. The maximum Gasteiger partial charge on any atom is 0.253 e. The van der Waals surface area contributed by atoms with E-state index in [1.807, 2.05) is 0 Å². The molecule has 3 N–H and O–H groups in total. The van der Waals surface area contributed by atoms with Gasteiger partial charge in [0.2, 0.25) is 0 Å². The van der Waals surface area contributed by atoms with Crippen molar-refractivity contribution in [1.82, 2.24) is 5.32 Å². The summed E-state index contributed by atoms with van der Waals surface area (Å²) in [7, 11) is 1.65. The fourth-order valence-corrected chi connectivity index (χ4v) is 1.73. The molecule has 0 fully saturated rings. The zero-order chi connectivity index (χ0) is 13.8. The molecule has 1 aromatic rings. The van der Waals surface area contributed by atoms with Gasteiger partial charge in [-0.1, -0.05) is 32.9 Å². The van der Waals surface area contributed by atoms with Crippen LogP contribution in [0.3, 0.4) is 0 Å². The fraction of sp³-hybridized carbons (Fsp3) is 0.500. The molecule has 1 atom stereocenters. The molecular weight excluding hydrogens is 264 g/mol. The van der Waals surface area contributed by atoms with Gasteiger partial charge in [-0.05, 0) is 17.5 Å². The first-order valence-electron chi connectivity index (χ1n) is 6.01. The number of hydrogen-bond acceptors (Lipinski definition) is 3. The summed E-state index contributed by atoms with van der Waals surface area (Å²) in [5.74, 6) is -0.167. The van der Waals surface area contributed by atoms with Crippen LogP contribution in [0, 0.1) is 5.41 Å². The highest BCUT2D eigenvalue weighted by molar-refractivity contribution is 5.99. The lowest BCUT2D eigenvalue weighted by atomic mass is 9.89. The van der Waals surface area contributed by atoms with Crippen LogP contribution in [0.1, 0.15) is 31.1 Å². The van der Waals surface area contributed by atoms with Crippen molar-refractivity contribution < 1.29 is 9.53 Å². The Morgan fingerprint density at radius 1 is 1.37 bits per heavy atom. The third kappa shape index (κ3) is 5.09. The summed E-state index contributed by atoms with van der Waals surface area (Å²) < 4.78 is 5.39. The summed E-state index contributed by atoms with van der Waals surface area (Å²) >= 11 is 0. The standard InChI is InChI=1S/C14H22N2O2.ClH/c1-14(2,3)12(18-4)9-16-13(17)10-7-5-6-8-11(10)15;/h5-8,12H,9,15H2,1-4H3,(H,16,17);1H. The molecule has 0 aliphatic carbocycles. The lowest BCUT2D eigenvalue weighted by molar-refractivity contribution is 0.0176. The second kappa shape index (κ2) is 7.36. The number of hydrogen-bond donors (Lipinski definition) is 2. The van der Waals surface area contributed by atoms with Crippen LogP contribution in [-0.2, 0) is 4.74 Å². The third-order valence-corrected chi connectivity index (χ3v) is 2.90. The summed E-state index contributed by atoms with van der Waals surface area (Å²) in [6, 6.07) is 7.03. The third-order valence-electron chi connectivity index (χ3n) is 2.90. The van der Waals surface area contributed by atoms with Gasteiger partial charge >= 0.3 is 0 Å². The van der Waals surface area contributed by atoms with E-state index in [0.717, 1.165) is 0 Å². The number of para-hydroxylation sites is 1. The minimum atomic E-state index is -0.167. The quantitative estimate of drug-likeness (QED) is 0.836. The van der Waals surface area contributed by atoms with E-state index < -0.39 is 0 Å². The van der Waals surface area contributed by atoms with E-state index in [2.05, 4.69) is 26.1 Å². The molecule has 0 saturated carbocycles. The molecule has 1 unspecified atom stereocenters. The Morgan fingerprint density at radius 2 is 1.95 bits per heavy atom. The van der Waals surface area contributed by atoms with E-state index in [-0.39, 0.29) is 29.8 Å². The number of carbonyl (C=O) groups excluding carboxylic acids is 1. The molecule has 19 heavy (non-hydrogen) atoms. The average molecular weight is 287 g/mol. The van der Waals surface area contributed by atoms with Crippen LogP contribution in [0.25, 0.3) is 0 Å². The van der Waals surface area contributed by atoms with Crippen molar-refractivity contribution in [3.63, 3.8) is 0 Å². The summed E-state index contributed by atoms with van der Waals surface area (Å²) in [6.45, 7) is 6.69. The van der Waals surface area contributed by atoms with E-state index in [4.69, 9.17) is 10.5 Å². The molecule has 108 valence electrons. The minimum absolute atomic E-state index is 0. The number of nitrogens with one attached hydrogen (secondary N) is 1. The Morgan fingerprint density at radius 3 is 2.42 bits per heavy atom. The molecular formula is C14H23ClN2O2. The van der Waals surface area contributed by atoms with Crippen LogP contribution in [0.15, 0.2) is 24.3 Å². The molecule has 0 aromatic heterocycles. The summed E-state index contributed by atoms with van der Waals surface area (Å²) in [5, 5.41) is 2.85. The first-order valence-corrected chi connectivity index (χ1v) is 6.01. The molecule has 0 aliphatic heterocycles. The van der Waals surface area contributed by atoms with Gasteiger partial charge in [-0.15, -0.1) is 12.4 Å². The van der Waals surface area contributed by atoms with Gasteiger partial charge in [0, 0.05) is 19.3 Å². The average Bonchev–Trinajstić information content (AvgIpc) is 2.28. The van der Waals surface area contributed by atoms with E-state index in [0.29, 0.717) is 17.8 Å². The van der Waals surface area contributed by atoms with Crippen LogP contribution in [0.2, 0.25) is 0 Å². The lowest BCUT2D eigenvalue weighted by Gasteiger charge is -2.29. The number of ether oxygens (including phenoxy) is 1. The predicted octanol–water partition coefficient (Wildman–Crippen LogP) is 2.48. The molecule has 0 aliphatic rings. The van der Waals surface area contributed by atoms with Crippen LogP contribution in [-0.4, -0.2) is 25.7 Å². The van der Waals surface area contributed by atoms with E-state index >= 15 is 0 Å². The molecule has 5 heteroatoms. The summed E-state index contributed by atoms with van der Waals surface area (Å²) in [5.41, 5.74) is 6.72. The maximum absolute atomic E-state index is 12.0. The van der Waals surface area contributed by atoms with Gasteiger partial charge in [-0.2, -0.15) is 0 Å². The molecule has 1 amide bonds. The van der Waals surface area contributed by atoms with Crippen molar-refractivity contribution in [2.24, 2.45) is 5.41 Å². The molecule has 0 spiro atoms. The summed E-state index contributed by atoms with van der Waals surface area (Å²) in [6.07, 6.45) is -0.0358. The highest BCUT2D eigenvalue weighted by Crippen LogP contribution is 2.21. The van der Waals surface area contributed by atoms with Gasteiger partial charge in [0.05, 0.1) is 11.7 Å². The smallest absolute Gasteiger partial charge is 0.253 e. The van der Waals surface area contributed by atoms with Gasteiger partial charge in [0.15, 0.2) is 0 Å². The van der Waals surface area contributed by atoms with Crippen molar-refractivity contribution in [2.75, 3.05) is 19.4 Å². The molecule has 0 saturated heterocycles. The second-order valence-corrected chi connectivity index (χ2v) is 5.39. The molecule has 0 bridgehead atoms. The van der Waals surface area contributed by atoms with E-state index in [1.54, 1.807) is 31.4 Å². The number of carbonyl (C=O) groups is 1. The van der Waals surface area contributed by atoms with Gasteiger partial charge in [-0.3, -0.25) is 4.79 Å². The number of anilines is 1. The normalized spacial score (nSPS) is 12.4. The van der Waals surface area contributed by atoms with Crippen molar-refractivity contribution in [1.29, 1.82) is 0 Å². The molecule has 0 radical (unpaired) electrons. The fourth-order valence-electron chi connectivity index (χ4n) is 1.73. The van der Waals surface area contributed by atoms with Crippen LogP contribution < -0.4 is 11.1 Å². The Balaban J connectivity index is 0.00000324. The van der Waals surface area contributed by atoms with Crippen LogP contribution >= 0.6 is 12.4 Å². The highest BCUT2D eigenvalue weighted by atomic mass is 35.5. The van der Waals surface area contributed by atoms with Crippen LogP contribution in [0.4, 0.5) is 5.69 Å². The van der Waals surface area contributed by atoms with Gasteiger partial charge in [-0.25, -0.2) is 0 Å². The Bertz CT molecular complexity index is 416.